The standard InChI is InChI=1S/C20H27N3O3/c1-22(2)12-13-23(15-16-8-6-5-7-9-16)20(24)21-18-14-17(25-3)10-11-19(18)26-4/h5-11,14H,12-13,15H2,1-4H3,(H,21,24). The summed E-state index contributed by atoms with van der Waals surface area (Å²) in [7, 11) is 7.14. The third kappa shape index (κ3) is 5.67. The van der Waals surface area contributed by atoms with Gasteiger partial charge in [-0.1, -0.05) is 30.3 Å². The number of nitrogens with one attached hydrogen (secondary N) is 1. The van der Waals surface area contributed by atoms with Crippen LogP contribution in [0.15, 0.2) is 48.5 Å². The summed E-state index contributed by atoms with van der Waals surface area (Å²) in [5.41, 5.74) is 1.67. The highest BCUT2D eigenvalue weighted by atomic mass is 16.5. The van der Waals surface area contributed by atoms with Crippen LogP contribution in [0.2, 0.25) is 0 Å². The Balaban J connectivity index is 2.17. The molecule has 26 heavy (non-hydrogen) atoms. The first-order chi connectivity index (χ1) is 12.5. The lowest BCUT2D eigenvalue weighted by Crippen LogP contribution is -2.39. The molecular formula is C20H27N3O3. The smallest absolute Gasteiger partial charge is 0.322 e. The Morgan fingerprint density at radius 3 is 2.35 bits per heavy atom. The molecule has 0 fully saturated rings. The molecule has 2 aromatic carbocycles. The molecule has 0 spiro atoms. The molecule has 0 bridgehead atoms. The average Bonchev–Trinajstić information content (AvgIpc) is 2.65. The van der Waals surface area contributed by atoms with E-state index in [-0.39, 0.29) is 6.03 Å². The summed E-state index contributed by atoms with van der Waals surface area (Å²) in [6, 6.07) is 15.1. The second-order valence-corrected chi connectivity index (χ2v) is 6.21. The van der Waals surface area contributed by atoms with E-state index in [0.717, 1.165) is 12.1 Å². The van der Waals surface area contributed by atoms with Crippen LogP contribution in [0.4, 0.5) is 10.5 Å². The second-order valence-electron chi connectivity index (χ2n) is 6.21. The van der Waals surface area contributed by atoms with Gasteiger partial charge in [-0.2, -0.15) is 0 Å². The highest BCUT2D eigenvalue weighted by Gasteiger charge is 2.17. The van der Waals surface area contributed by atoms with E-state index < -0.39 is 0 Å². The van der Waals surface area contributed by atoms with Gasteiger partial charge in [-0.15, -0.1) is 0 Å². The van der Waals surface area contributed by atoms with Crippen LogP contribution in [0.1, 0.15) is 5.56 Å². The van der Waals surface area contributed by atoms with Crippen molar-refractivity contribution in [1.29, 1.82) is 0 Å². The van der Waals surface area contributed by atoms with Crippen molar-refractivity contribution in [1.82, 2.24) is 9.80 Å². The summed E-state index contributed by atoms with van der Waals surface area (Å²) in [6.45, 7) is 1.92. The Hall–Kier alpha value is -2.73. The molecule has 2 amide bonds. The molecule has 0 aromatic heterocycles. The van der Waals surface area contributed by atoms with Crippen molar-refractivity contribution < 1.29 is 14.3 Å². The predicted octanol–water partition coefficient (Wildman–Crippen LogP) is 3.30. The molecule has 0 aliphatic heterocycles. The van der Waals surface area contributed by atoms with Crippen LogP contribution >= 0.6 is 0 Å². The minimum absolute atomic E-state index is 0.178. The van der Waals surface area contributed by atoms with Crippen LogP contribution in [0.25, 0.3) is 0 Å². The van der Waals surface area contributed by atoms with E-state index >= 15 is 0 Å². The molecule has 0 atom stereocenters. The van der Waals surface area contributed by atoms with E-state index in [9.17, 15) is 4.79 Å². The molecule has 0 radical (unpaired) electrons. The Kier molecular flexibility index (Phi) is 7.29. The molecule has 0 aliphatic rings. The van der Waals surface area contributed by atoms with Gasteiger partial charge in [0.1, 0.15) is 11.5 Å². The molecule has 6 heteroatoms. The molecular weight excluding hydrogens is 330 g/mol. The highest BCUT2D eigenvalue weighted by Crippen LogP contribution is 2.29. The van der Waals surface area contributed by atoms with Gasteiger partial charge in [-0.25, -0.2) is 4.79 Å². The van der Waals surface area contributed by atoms with Crippen molar-refractivity contribution in [3.8, 4) is 11.5 Å². The van der Waals surface area contributed by atoms with Gasteiger partial charge in [0.25, 0.3) is 0 Å². The summed E-state index contributed by atoms with van der Waals surface area (Å²) < 4.78 is 10.6. The first-order valence-corrected chi connectivity index (χ1v) is 8.50. The van der Waals surface area contributed by atoms with Gasteiger partial charge in [0.2, 0.25) is 0 Å². The minimum Gasteiger partial charge on any atom is -0.497 e. The third-order valence-corrected chi connectivity index (χ3v) is 3.97. The topological polar surface area (TPSA) is 54.0 Å². The van der Waals surface area contributed by atoms with Crippen molar-refractivity contribution in [2.45, 2.75) is 6.54 Å². The maximum Gasteiger partial charge on any atom is 0.322 e. The monoisotopic (exact) mass is 357 g/mol. The van der Waals surface area contributed by atoms with Crippen LogP contribution in [0, 0.1) is 0 Å². The first-order valence-electron chi connectivity index (χ1n) is 8.50. The summed E-state index contributed by atoms with van der Waals surface area (Å²) >= 11 is 0. The number of nitrogens with zero attached hydrogens (tertiary/aromatic N) is 2. The Labute approximate surface area is 155 Å². The van der Waals surface area contributed by atoms with Gasteiger partial charge >= 0.3 is 6.03 Å². The van der Waals surface area contributed by atoms with Crippen LogP contribution in [0.3, 0.4) is 0 Å². The number of hydrogen-bond donors (Lipinski definition) is 1. The van der Waals surface area contributed by atoms with Gasteiger partial charge in [-0.3, -0.25) is 0 Å². The van der Waals surface area contributed by atoms with Gasteiger partial charge in [-0.05, 0) is 31.8 Å². The molecule has 2 aromatic rings. The number of rotatable bonds is 8. The number of methoxy groups -OCH3 is 2. The number of ether oxygens (including phenoxy) is 2. The van der Waals surface area contributed by atoms with Crippen molar-refractivity contribution in [3.05, 3.63) is 54.1 Å². The van der Waals surface area contributed by atoms with Crippen LogP contribution in [-0.4, -0.2) is 57.2 Å². The van der Waals surface area contributed by atoms with E-state index in [1.165, 1.54) is 0 Å². The molecule has 2 rings (SSSR count). The van der Waals surface area contributed by atoms with Crippen molar-refractivity contribution in [2.24, 2.45) is 0 Å². The number of hydrogen-bond acceptors (Lipinski definition) is 4. The number of anilines is 1. The Morgan fingerprint density at radius 2 is 1.73 bits per heavy atom. The summed E-state index contributed by atoms with van der Waals surface area (Å²) in [6.07, 6.45) is 0. The van der Waals surface area contributed by atoms with Crippen molar-refractivity contribution in [3.63, 3.8) is 0 Å². The fourth-order valence-corrected chi connectivity index (χ4v) is 2.48. The lowest BCUT2D eigenvalue weighted by atomic mass is 10.2. The maximum atomic E-state index is 12.9. The number of benzene rings is 2. The molecule has 0 saturated heterocycles. The van der Waals surface area contributed by atoms with E-state index in [1.807, 2.05) is 44.4 Å². The molecule has 0 unspecified atom stereocenters. The maximum absolute atomic E-state index is 12.9. The lowest BCUT2D eigenvalue weighted by molar-refractivity contribution is 0.202. The zero-order valence-corrected chi connectivity index (χ0v) is 15.9. The number of carbonyl (C=O) groups excluding carboxylic acids is 1. The van der Waals surface area contributed by atoms with Gasteiger partial charge in [0.05, 0.1) is 19.9 Å². The molecule has 0 heterocycles. The fraction of sp³-hybridized carbons (Fsp3) is 0.350. The number of carbonyl (C=O) groups is 1. The van der Waals surface area contributed by atoms with Crippen LogP contribution in [0.5, 0.6) is 11.5 Å². The predicted molar refractivity (Wildman–Crippen MR) is 104 cm³/mol. The molecule has 140 valence electrons. The van der Waals surface area contributed by atoms with Crippen molar-refractivity contribution in [2.75, 3.05) is 46.7 Å². The van der Waals surface area contributed by atoms with Gasteiger partial charge < -0.3 is 24.6 Å². The first kappa shape index (κ1) is 19.6. The van der Waals surface area contributed by atoms with Crippen molar-refractivity contribution >= 4 is 11.7 Å². The lowest BCUT2D eigenvalue weighted by Gasteiger charge is -2.25. The van der Waals surface area contributed by atoms with E-state index in [2.05, 4.69) is 10.2 Å². The molecule has 1 N–H and O–H groups in total. The zero-order valence-electron chi connectivity index (χ0n) is 15.9. The average molecular weight is 357 g/mol. The van der Waals surface area contributed by atoms with Crippen LogP contribution in [-0.2, 0) is 6.54 Å². The molecule has 0 saturated carbocycles. The highest BCUT2D eigenvalue weighted by molar-refractivity contribution is 5.91. The summed E-state index contributed by atoms with van der Waals surface area (Å²) in [5.74, 6) is 1.25. The Bertz CT molecular complexity index is 705. The summed E-state index contributed by atoms with van der Waals surface area (Å²) in [5, 5.41) is 2.94. The van der Waals surface area contributed by atoms with E-state index in [0.29, 0.717) is 30.3 Å². The fourth-order valence-electron chi connectivity index (χ4n) is 2.48. The zero-order chi connectivity index (χ0) is 18.9. The Morgan fingerprint density at radius 1 is 1.00 bits per heavy atom. The van der Waals surface area contributed by atoms with Gasteiger partial charge in [0.15, 0.2) is 0 Å². The van der Waals surface area contributed by atoms with E-state index in [1.54, 1.807) is 37.3 Å². The quantitative estimate of drug-likeness (QED) is 0.788. The normalized spacial score (nSPS) is 10.5. The third-order valence-electron chi connectivity index (χ3n) is 3.97. The second kappa shape index (κ2) is 9.68. The van der Waals surface area contributed by atoms with Gasteiger partial charge in [0, 0.05) is 25.7 Å². The number of urea groups is 1. The SMILES string of the molecule is COc1ccc(OC)c(NC(=O)N(CCN(C)C)Cc2ccccc2)c1. The molecule has 0 aliphatic carbocycles. The largest absolute Gasteiger partial charge is 0.497 e. The van der Waals surface area contributed by atoms with Crippen LogP contribution < -0.4 is 14.8 Å². The number of amides is 2. The molecule has 6 nitrogen and oxygen atoms in total. The summed E-state index contributed by atoms with van der Waals surface area (Å²) in [4.78, 5) is 16.7. The number of likely N-dealkylation sites (N-methyl/N-ethyl adjacent to an activating group) is 1. The minimum atomic E-state index is -0.178. The van der Waals surface area contributed by atoms with E-state index in [4.69, 9.17) is 9.47 Å².